The second-order valence-electron chi connectivity index (χ2n) is 4.39. The standard InChI is InChI=1S/C14H14N4OS2/c1-8-13(21-9(2)16-8)11-7-20-14(17-11)18-12-5-4-10(19-3)6-15-12/h4-7H,1-3H3,(H,15,17,18). The molecule has 3 rings (SSSR count). The molecule has 0 radical (unpaired) electrons. The molecule has 3 aromatic heterocycles. The molecule has 3 heterocycles. The van der Waals surface area contributed by atoms with Crippen LogP contribution in [0.4, 0.5) is 10.9 Å². The number of ether oxygens (including phenoxy) is 1. The average Bonchev–Trinajstić information content (AvgIpc) is 3.06. The van der Waals surface area contributed by atoms with Crippen LogP contribution in [0.25, 0.3) is 10.6 Å². The minimum Gasteiger partial charge on any atom is -0.495 e. The number of aromatic nitrogens is 3. The van der Waals surface area contributed by atoms with E-state index in [0.29, 0.717) is 0 Å². The molecule has 0 saturated carbocycles. The van der Waals surface area contributed by atoms with Gasteiger partial charge >= 0.3 is 0 Å². The van der Waals surface area contributed by atoms with Crippen molar-refractivity contribution < 1.29 is 4.74 Å². The van der Waals surface area contributed by atoms with Crippen molar-refractivity contribution in [2.75, 3.05) is 12.4 Å². The van der Waals surface area contributed by atoms with Gasteiger partial charge in [0, 0.05) is 5.38 Å². The molecule has 0 saturated heterocycles. The predicted molar refractivity (Wildman–Crippen MR) is 86.8 cm³/mol. The van der Waals surface area contributed by atoms with Gasteiger partial charge in [0.15, 0.2) is 5.13 Å². The van der Waals surface area contributed by atoms with E-state index in [-0.39, 0.29) is 0 Å². The van der Waals surface area contributed by atoms with E-state index in [1.54, 1.807) is 36.0 Å². The summed E-state index contributed by atoms with van der Waals surface area (Å²) in [4.78, 5) is 14.4. The summed E-state index contributed by atoms with van der Waals surface area (Å²) < 4.78 is 5.09. The zero-order valence-corrected chi connectivity index (χ0v) is 13.5. The number of hydrogen-bond acceptors (Lipinski definition) is 7. The maximum Gasteiger partial charge on any atom is 0.188 e. The van der Waals surface area contributed by atoms with E-state index >= 15 is 0 Å². The third kappa shape index (κ3) is 3.03. The molecule has 0 fully saturated rings. The van der Waals surface area contributed by atoms with E-state index in [2.05, 4.69) is 20.3 Å². The fraction of sp³-hybridized carbons (Fsp3) is 0.214. The Morgan fingerprint density at radius 3 is 2.67 bits per heavy atom. The summed E-state index contributed by atoms with van der Waals surface area (Å²) in [6.07, 6.45) is 1.67. The van der Waals surface area contributed by atoms with Crippen LogP contribution in [0.15, 0.2) is 23.7 Å². The number of pyridine rings is 1. The summed E-state index contributed by atoms with van der Waals surface area (Å²) >= 11 is 3.22. The van der Waals surface area contributed by atoms with Gasteiger partial charge in [0.2, 0.25) is 0 Å². The quantitative estimate of drug-likeness (QED) is 0.787. The lowest BCUT2D eigenvalue weighted by atomic mass is 10.3. The normalized spacial score (nSPS) is 10.6. The largest absolute Gasteiger partial charge is 0.495 e. The number of aryl methyl sites for hydroxylation is 2. The molecule has 0 atom stereocenters. The number of hydrogen-bond donors (Lipinski definition) is 1. The number of methoxy groups -OCH3 is 1. The maximum absolute atomic E-state index is 5.09. The van der Waals surface area contributed by atoms with Crippen molar-refractivity contribution in [2.24, 2.45) is 0 Å². The molecule has 0 unspecified atom stereocenters. The summed E-state index contributed by atoms with van der Waals surface area (Å²) in [6, 6.07) is 3.72. The molecule has 1 N–H and O–H groups in total. The Morgan fingerprint density at radius 2 is 2.05 bits per heavy atom. The second kappa shape index (κ2) is 5.79. The topological polar surface area (TPSA) is 59.9 Å². The van der Waals surface area contributed by atoms with Gasteiger partial charge in [0.1, 0.15) is 11.6 Å². The third-order valence-corrected chi connectivity index (χ3v) is 4.70. The first-order chi connectivity index (χ1) is 10.2. The van der Waals surface area contributed by atoms with E-state index < -0.39 is 0 Å². The van der Waals surface area contributed by atoms with Gasteiger partial charge in [0.25, 0.3) is 0 Å². The van der Waals surface area contributed by atoms with E-state index in [0.717, 1.165) is 38.0 Å². The average molecular weight is 318 g/mol. The Hall–Kier alpha value is -1.99. The molecular weight excluding hydrogens is 304 g/mol. The van der Waals surface area contributed by atoms with Crippen LogP contribution in [0.2, 0.25) is 0 Å². The van der Waals surface area contributed by atoms with Crippen LogP contribution in [0.3, 0.4) is 0 Å². The first-order valence-electron chi connectivity index (χ1n) is 6.32. The van der Waals surface area contributed by atoms with Crippen molar-refractivity contribution >= 4 is 33.6 Å². The fourth-order valence-electron chi connectivity index (χ4n) is 1.89. The summed E-state index contributed by atoms with van der Waals surface area (Å²) in [5, 5.41) is 7.10. The number of anilines is 2. The van der Waals surface area contributed by atoms with Crippen LogP contribution < -0.4 is 10.1 Å². The van der Waals surface area contributed by atoms with Crippen molar-refractivity contribution in [3.8, 4) is 16.3 Å². The molecule has 0 amide bonds. The van der Waals surface area contributed by atoms with Crippen LogP contribution >= 0.6 is 22.7 Å². The minimum atomic E-state index is 0.733. The molecule has 0 aliphatic rings. The van der Waals surface area contributed by atoms with Gasteiger partial charge in [-0.3, -0.25) is 0 Å². The fourth-order valence-corrected chi connectivity index (χ4v) is 3.55. The van der Waals surface area contributed by atoms with Crippen molar-refractivity contribution in [2.45, 2.75) is 13.8 Å². The Bertz CT molecular complexity index is 749. The number of nitrogens with zero attached hydrogens (tertiary/aromatic N) is 3. The Kier molecular flexibility index (Phi) is 3.85. The van der Waals surface area contributed by atoms with Gasteiger partial charge in [-0.15, -0.1) is 22.7 Å². The van der Waals surface area contributed by atoms with Crippen molar-refractivity contribution in [1.82, 2.24) is 15.0 Å². The van der Waals surface area contributed by atoms with Gasteiger partial charge in [-0.1, -0.05) is 0 Å². The van der Waals surface area contributed by atoms with E-state index in [9.17, 15) is 0 Å². The highest BCUT2D eigenvalue weighted by molar-refractivity contribution is 7.16. The molecular formula is C14H14N4OS2. The molecule has 0 aromatic carbocycles. The first kappa shape index (κ1) is 14.0. The monoisotopic (exact) mass is 318 g/mol. The van der Waals surface area contributed by atoms with Crippen LogP contribution in [0, 0.1) is 13.8 Å². The summed E-state index contributed by atoms with van der Waals surface area (Å²) in [6.45, 7) is 4.02. The predicted octanol–water partition coefficient (Wildman–Crippen LogP) is 4.03. The van der Waals surface area contributed by atoms with Crippen LogP contribution in [-0.2, 0) is 0 Å². The van der Waals surface area contributed by atoms with Crippen LogP contribution in [-0.4, -0.2) is 22.1 Å². The smallest absolute Gasteiger partial charge is 0.188 e. The third-order valence-electron chi connectivity index (χ3n) is 2.85. The summed E-state index contributed by atoms with van der Waals surface area (Å²) in [5.74, 6) is 1.48. The SMILES string of the molecule is COc1ccc(Nc2nc(-c3sc(C)nc3C)cs2)nc1. The van der Waals surface area contributed by atoms with Gasteiger partial charge < -0.3 is 10.1 Å². The highest BCUT2D eigenvalue weighted by atomic mass is 32.1. The summed E-state index contributed by atoms with van der Waals surface area (Å²) in [7, 11) is 1.62. The zero-order valence-electron chi connectivity index (χ0n) is 11.9. The minimum absolute atomic E-state index is 0.733. The van der Waals surface area contributed by atoms with Gasteiger partial charge in [-0.25, -0.2) is 15.0 Å². The van der Waals surface area contributed by atoms with E-state index in [1.807, 2.05) is 31.4 Å². The highest BCUT2D eigenvalue weighted by Gasteiger charge is 2.11. The first-order valence-corrected chi connectivity index (χ1v) is 8.02. The number of thiazole rings is 2. The molecule has 0 spiro atoms. The molecule has 108 valence electrons. The highest BCUT2D eigenvalue weighted by Crippen LogP contribution is 2.32. The molecule has 7 heteroatoms. The van der Waals surface area contributed by atoms with E-state index in [1.165, 1.54) is 0 Å². The Morgan fingerprint density at radius 1 is 1.19 bits per heavy atom. The molecule has 3 aromatic rings. The van der Waals surface area contributed by atoms with Gasteiger partial charge in [-0.2, -0.15) is 0 Å². The summed E-state index contributed by atoms with van der Waals surface area (Å²) in [5.41, 5.74) is 1.98. The Balaban J connectivity index is 1.80. The van der Waals surface area contributed by atoms with Crippen molar-refractivity contribution in [3.05, 3.63) is 34.4 Å². The lowest BCUT2D eigenvalue weighted by molar-refractivity contribution is 0.413. The second-order valence-corrected chi connectivity index (χ2v) is 6.45. The molecule has 0 aliphatic heterocycles. The maximum atomic E-state index is 5.09. The number of rotatable bonds is 4. The number of nitrogens with one attached hydrogen (secondary N) is 1. The molecule has 0 bridgehead atoms. The van der Waals surface area contributed by atoms with Crippen LogP contribution in [0.1, 0.15) is 10.7 Å². The lowest BCUT2D eigenvalue weighted by Crippen LogP contribution is -1.93. The van der Waals surface area contributed by atoms with Gasteiger partial charge in [-0.05, 0) is 26.0 Å². The molecule has 0 aliphatic carbocycles. The molecule has 5 nitrogen and oxygen atoms in total. The molecule has 21 heavy (non-hydrogen) atoms. The van der Waals surface area contributed by atoms with Crippen LogP contribution in [0.5, 0.6) is 5.75 Å². The Labute approximate surface area is 130 Å². The van der Waals surface area contributed by atoms with E-state index in [4.69, 9.17) is 4.74 Å². The van der Waals surface area contributed by atoms with Crippen molar-refractivity contribution in [3.63, 3.8) is 0 Å². The lowest BCUT2D eigenvalue weighted by Gasteiger charge is -2.02. The zero-order chi connectivity index (χ0) is 14.8. The van der Waals surface area contributed by atoms with Gasteiger partial charge in [0.05, 0.1) is 34.6 Å². The van der Waals surface area contributed by atoms with Crippen molar-refractivity contribution in [1.29, 1.82) is 0 Å².